The molecule has 5 nitrogen and oxygen atoms in total. The van der Waals surface area contributed by atoms with E-state index in [2.05, 4.69) is 10.5 Å². The molecule has 0 fully saturated rings. The molecule has 25 heavy (non-hydrogen) atoms. The summed E-state index contributed by atoms with van der Waals surface area (Å²) in [4.78, 5) is 12.1. The van der Waals surface area contributed by atoms with Crippen LogP contribution in [0.15, 0.2) is 53.1 Å². The molecule has 0 atom stereocenters. The highest BCUT2D eigenvalue weighted by atomic mass is 19.1. The number of halogens is 2. The maximum atomic E-state index is 13.1. The molecule has 0 aliphatic rings. The van der Waals surface area contributed by atoms with Crippen LogP contribution in [-0.2, 0) is 11.3 Å². The second kappa shape index (κ2) is 7.12. The summed E-state index contributed by atoms with van der Waals surface area (Å²) >= 11 is 0. The van der Waals surface area contributed by atoms with Crippen LogP contribution in [0.2, 0.25) is 0 Å². The summed E-state index contributed by atoms with van der Waals surface area (Å²) in [5.41, 5.74) is 1.65. The molecule has 7 heteroatoms. The van der Waals surface area contributed by atoms with Crippen molar-refractivity contribution in [2.24, 2.45) is 0 Å². The lowest BCUT2D eigenvalue weighted by molar-refractivity contribution is 0.0602. The van der Waals surface area contributed by atoms with Gasteiger partial charge in [0.05, 0.1) is 7.11 Å². The van der Waals surface area contributed by atoms with E-state index in [9.17, 15) is 13.6 Å². The third-order valence-electron chi connectivity index (χ3n) is 3.57. The molecule has 0 aliphatic heterocycles. The van der Waals surface area contributed by atoms with Crippen molar-refractivity contribution >= 4 is 11.9 Å². The van der Waals surface area contributed by atoms with Gasteiger partial charge in [0.15, 0.2) is 5.56 Å². The van der Waals surface area contributed by atoms with Gasteiger partial charge in [0, 0.05) is 12.1 Å². The lowest BCUT2D eigenvalue weighted by Crippen LogP contribution is -2.07. The fourth-order valence-corrected chi connectivity index (χ4v) is 2.29. The smallest absolute Gasteiger partial charge is 0.345 e. The van der Waals surface area contributed by atoms with Gasteiger partial charge in [-0.2, -0.15) is 0 Å². The Morgan fingerprint density at radius 2 is 1.68 bits per heavy atom. The first-order chi connectivity index (χ1) is 12.1. The predicted molar refractivity (Wildman–Crippen MR) is 87.0 cm³/mol. The Hall–Kier alpha value is -3.22. The molecule has 0 unspecified atom stereocenters. The number of nitrogens with one attached hydrogen (secondary N) is 1. The van der Waals surface area contributed by atoms with Crippen LogP contribution in [0.3, 0.4) is 0 Å². The van der Waals surface area contributed by atoms with Crippen molar-refractivity contribution in [2.45, 2.75) is 6.54 Å². The number of carbonyl (C=O) groups is 1. The number of carbonyl (C=O) groups excluding carboxylic acids is 1. The molecule has 2 aromatic carbocycles. The van der Waals surface area contributed by atoms with Crippen molar-refractivity contribution in [2.75, 3.05) is 12.4 Å². The second-order valence-corrected chi connectivity index (χ2v) is 5.21. The van der Waals surface area contributed by atoms with E-state index in [1.807, 2.05) is 0 Å². The van der Waals surface area contributed by atoms with E-state index in [0.717, 1.165) is 5.56 Å². The molecule has 0 saturated carbocycles. The van der Waals surface area contributed by atoms with Gasteiger partial charge in [-0.15, -0.1) is 0 Å². The number of esters is 1. The summed E-state index contributed by atoms with van der Waals surface area (Å²) in [6.45, 7) is 0.294. The van der Waals surface area contributed by atoms with E-state index >= 15 is 0 Å². The third kappa shape index (κ3) is 3.65. The van der Waals surface area contributed by atoms with Crippen LogP contribution >= 0.6 is 0 Å². The first-order valence-corrected chi connectivity index (χ1v) is 7.40. The number of benzene rings is 2. The van der Waals surface area contributed by atoms with E-state index in [-0.39, 0.29) is 23.0 Å². The Balaban J connectivity index is 1.89. The largest absolute Gasteiger partial charge is 0.465 e. The molecule has 1 aromatic heterocycles. The van der Waals surface area contributed by atoms with Gasteiger partial charge in [0.2, 0.25) is 5.88 Å². The number of hydrogen-bond donors (Lipinski definition) is 1. The van der Waals surface area contributed by atoms with E-state index in [1.54, 1.807) is 12.1 Å². The van der Waals surface area contributed by atoms with E-state index < -0.39 is 11.8 Å². The zero-order valence-electron chi connectivity index (χ0n) is 13.3. The minimum atomic E-state index is -0.637. The van der Waals surface area contributed by atoms with Crippen LogP contribution in [0.5, 0.6) is 0 Å². The van der Waals surface area contributed by atoms with E-state index in [1.165, 1.54) is 43.5 Å². The van der Waals surface area contributed by atoms with Gasteiger partial charge in [-0.25, -0.2) is 13.6 Å². The molecule has 0 amide bonds. The SMILES string of the molecule is COC(=O)c1c(-c2ccc(F)cc2)noc1NCc1ccc(F)cc1. The Morgan fingerprint density at radius 3 is 2.28 bits per heavy atom. The van der Waals surface area contributed by atoms with Crippen LogP contribution in [0.25, 0.3) is 11.3 Å². The first kappa shape index (κ1) is 16.6. The van der Waals surface area contributed by atoms with Crippen LogP contribution in [0, 0.1) is 11.6 Å². The van der Waals surface area contributed by atoms with Gasteiger partial charge < -0.3 is 14.6 Å². The molecular formula is C18H14F2N2O3. The molecule has 3 aromatic rings. The fraction of sp³-hybridized carbons (Fsp3) is 0.111. The Labute approximate surface area is 142 Å². The molecule has 1 heterocycles. The van der Waals surface area contributed by atoms with Crippen LogP contribution in [0.4, 0.5) is 14.7 Å². The molecule has 0 aliphatic carbocycles. The molecule has 0 radical (unpaired) electrons. The summed E-state index contributed by atoms with van der Waals surface area (Å²) in [6, 6.07) is 11.4. The lowest BCUT2D eigenvalue weighted by atomic mass is 10.1. The average molecular weight is 344 g/mol. The van der Waals surface area contributed by atoms with Gasteiger partial charge in [0.1, 0.15) is 17.3 Å². The average Bonchev–Trinajstić information content (AvgIpc) is 3.05. The van der Waals surface area contributed by atoms with Gasteiger partial charge in [0.25, 0.3) is 0 Å². The summed E-state index contributed by atoms with van der Waals surface area (Å²) in [5, 5.41) is 6.83. The third-order valence-corrected chi connectivity index (χ3v) is 3.57. The topological polar surface area (TPSA) is 64.4 Å². The van der Waals surface area contributed by atoms with Crippen molar-refractivity contribution in [1.82, 2.24) is 5.16 Å². The molecule has 1 N–H and O–H groups in total. The molecular weight excluding hydrogens is 330 g/mol. The minimum Gasteiger partial charge on any atom is -0.465 e. The normalized spacial score (nSPS) is 10.5. The highest BCUT2D eigenvalue weighted by Gasteiger charge is 2.24. The zero-order chi connectivity index (χ0) is 17.8. The minimum absolute atomic E-state index is 0.108. The van der Waals surface area contributed by atoms with Crippen molar-refractivity contribution in [3.63, 3.8) is 0 Å². The van der Waals surface area contributed by atoms with Gasteiger partial charge in [-0.05, 0) is 42.0 Å². The number of methoxy groups -OCH3 is 1. The zero-order valence-corrected chi connectivity index (χ0v) is 13.3. The standard InChI is InChI=1S/C18H14F2N2O3/c1-24-18(23)15-16(12-4-8-14(20)9-5-12)22-25-17(15)21-10-11-2-6-13(19)7-3-11/h2-9,21H,10H2,1H3. The number of ether oxygens (including phenoxy) is 1. The van der Waals surface area contributed by atoms with Gasteiger partial charge in [-0.3, -0.25) is 0 Å². The second-order valence-electron chi connectivity index (χ2n) is 5.21. The molecule has 128 valence electrons. The number of rotatable bonds is 5. The van der Waals surface area contributed by atoms with Crippen LogP contribution < -0.4 is 5.32 Å². The number of anilines is 1. The quantitative estimate of drug-likeness (QED) is 0.708. The predicted octanol–water partition coefficient (Wildman–Crippen LogP) is 4.02. The van der Waals surface area contributed by atoms with Crippen molar-refractivity contribution < 1.29 is 22.8 Å². The fourth-order valence-electron chi connectivity index (χ4n) is 2.29. The summed E-state index contributed by atoms with van der Waals surface area (Å²) < 4.78 is 36.0. The highest BCUT2D eigenvalue weighted by Crippen LogP contribution is 2.30. The summed E-state index contributed by atoms with van der Waals surface area (Å²) in [5.74, 6) is -1.25. The Morgan fingerprint density at radius 1 is 1.08 bits per heavy atom. The highest BCUT2D eigenvalue weighted by molar-refractivity contribution is 6.00. The number of nitrogens with zero attached hydrogens (tertiary/aromatic N) is 1. The number of hydrogen-bond acceptors (Lipinski definition) is 5. The lowest BCUT2D eigenvalue weighted by Gasteiger charge is -2.05. The monoisotopic (exact) mass is 344 g/mol. The van der Waals surface area contributed by atoms with Gasteiger partial charge >= 0.3 is 5.97 Å². The maximum absolute atomic E-state index is 13.1. The van der Waals surface area contributed by atoms with Crippen molar-refractivity contribution in [1.29, 1.82) is 0 Å². The maximum Gasteiger partial charge on any atom is 0.345 e. The van der Waals surface area contributed by atoms with Crippen molar-refractivity contribution in [3.05, 3.63) is 71.3 Å². The van der Waals surface area contributed by atoms with Crippen molar-refractivity contribution in [3.8, 4) is 11.3 Å². The Bertz CT molecular complexity index is 874. The van der Waals surface area contributed by atoms with Crippen LogP contribution in [0.1, 0.15) is 15.9 Å². The van der Waals surface area contributed by atoms with E-state index in [4.69, 9.17) is 9.26 Å². The summed E-state index contributed by atoms with van der Waals surface area (Å²) in [6.07, 6.45) is 0. The molecule has 0 bridgehead atoms. The number of aromatic nitrogens is 1. The first-order valence-electron chi connectivity index (χ1n) is 7.40. The summed E-state index contributed by atoms with van der Waals surface area (Å²) in [7, 11) is 1.24. The molecule has 0 saturated heterocycles. The molecule has 0 spiro atoms. The Kier molecular flexibility index (Phi) is 4.74. The van der Waals surface area contributed by atoms with Gasteiger partial charge in [-0.1, -0.05) is 17.3 Å². The van der Waals surface area contributed by atoms with Crippen LogP contribution in [-0.4, -0.2) is 18.2 Å². The van der Waals surface area contributed by atoms with E-state index in [0.29, 0.717) is 12.1 Å². The molecule has 3 rings (SSSR count).